The van der Waals surface area contributed by atoms with Crippen LogP contribution in [0.5, 0.6) is 0 Å². The molecule has 1 fully saturated rings. The Bertz CT molecular complexity index is 935. The fourth-order valence-electron chi connectivity index (χ4n) is 3.66. The Balaban J connectivity index is 1.57. The molecule has 0 radical (unpaired) electrons. The van der Waals surface area contributed by atoms with Crippen LogP contribution in [0.2, 0.25) is 0 Å². The molecular formula is C21H24N4O. The molecule has 0 unspecified atom stereocenters. The van der Waals surface area contributed by atoms with Crippen molar-refractivity contribution in [1.29, 1.82) is 0 Å². The number of nitrogens with zero attached hydrogens (tertiary/aromatic N) is 3. The molecule has 0 bridgehead atoms. The summed E-state index contributed by atoms with van der Waals surface area (Å²) in [5.41, 5.74) is 4.50. The van der Waals surface area contributed by atoms with Gasteiger partial charge >= 0.3 is 0 Å². The average molecular weight is 348 g/mol. The van der Waals surface area contributed by atoms with E-state index in [2.05, 4.69) is 51.5 Å². The number of hydrogen-bond acceptors (Lipinski definition) is 5. The Morgan fingerprint density at radius 3 is 2.81 bits per heavy atom. The highest BCUT2D eigenvalue weighted by Crippen LogP contribution is 2.27. The standard InChI is InChI=1S/C21H24N4O/c1-13-14(2)23-15(3)24-21(13)25-20-12-26-11-17(20)10-16-8-9-22-19-7-5-4-6-18(16)19/h4-9,17,20H,10-12H2,1-3H3,(H,23,24,25)/t17-,20-/m1/s1. The number of benzene rings is 1. The van der Waals surface area contributed by atoms with Crippen molar-refractivity contribution in [2.24, 2.45) is 5.92 Å². The zero-order valence-corrected chi connectivity index (χ0v) is 15.5. The second-order valence-electron chi connectivity index (χ2n) is 7.07. The van der Waals surface area contributed by atoms with Crippen molar-refractivity contribution in [3.05, 3.63) is 59.2 Å². The van der Waals surface area contributed by atoms with Gasteiger partial charge in [0.1, 0.15) is 11.6 Å². The van der Waals surface area contributed by atoms with Crippen LogP contribution in [-0.2, 0) is 11.2 Å². The molecule has 0 amide bonds. The van der Waals surface area contributed by atoms with E-state index in [-0.39, 0.29) is 6.04 Å². The summed E-state index contributed by atoms with van der Waals surface area (Å²) >= 11 is 0. The Morgan fingerprint density at radius 1 is 1.08 bits per heavy atom. The number of para-hydroxylation sites is 1. The first kappa shape index (κ1) is 16.9. The van der Waals surface area contributed by atoms with E-state index in [1.807, 2.05) is 26.1 Å². The van der Waals surface area contributed by atoms with Gasteiger partial charge in [0.2, 0.25) is 0 Å². The third-order valence-electron chi connectivity index (χ3n) is 5.24. The van der Waals surface area contributed by atoms with E-state index in [1.165, 1.54) is 10.9 Å². The van der Waals surface area contributed by atoms with Crippen LogP contribution in [0.3, 0.4) is 0 Å². The maximum atomic E-state index is 5.81. The fraction of sp³-hybridized carbons (Fsp3) is 0.381. The molecule has 2 atom stereocenters. The topological polar surface area (TPSA) is 59.9 Å². The van der Waals surface area contributed by atoms with E-state index in [0.29, 0.717) is 12.5 Å². The van der Waals surface area contributed by atoms with Crippen molar-refractivity contribution in [1.82, 2.24) is 15.0 Å². The number of rotatable bonds is 4. The van der Waals surface area contributed by atoms with E-state index in [0.717, 1.165) is 41.4 Å². The average Bonchev–Trinajstić information content (AvgIpc) is 3.06. The Morgan fingerprint density at radius 2 is 1.92 bits per heavy atom. The zero-order chi connectivity index (χ0) is 18.1. The number of fused-ring (bicyclic) bond motifs is 1. The van der Waals surface area contributed by atoms with Crippen molar-refractivity contribution in [2.75, 3.05) is 18.5 Å². The molecule has 26 heavy (non-hydrogen) atoms. The summed E-state index contributed by atoms with van der Waals surface area (Å²) in [5, 5.41) is 4.84. The maximum absolute atomic E-state index is 5.81. The summed E-state index contributed by atoms with van der Waals surface area (Å²) in [6.07, 6.45) is 2.86. The van der Waals surface area contributed by atoms with Crippen LogP contribution in [0.25, 0.3) is 10.9 Å². The number of aryl methyl sites for hydroxylation is 2. The van der Waals surface area contributed by atoms with Gasteiger partial charge in [0.15, 0.2) is 0 Å². The molecule has 0 aliphatic carbocycles. The van der Waals surface area contributed by atoms with Gasteiger partial charge in [-0.25, -0.2) is 9.97 Å². The van der Waals surface area contributed by atoms with Crippen molar-refractivity contribution in [3.63, 3.8) is 0 Å². The molecule has 5 nitrogen and oxygen atoms in total. The molecule has 5 heteroatoms. The van der Waals surface area contributed by atoms with Crippen LogP contribution in [0.4, 0.5) is 5.82 Å². The number of ether oxygens (including phenoxy) is 1. The van der Waals surface area contributed by atoms with Crippen LogP contribution in [0.1, 0.15) is 22.6 Å². The van der Waals surface area contributed by atoms with Crippen LogP contribution >= 0.6 is 0 Å². The minimum Gasteiger partial charge on any atom is -0.379 e. The van der Waals surface area contributed by atoms with Crippen molar-refractivity contribution in [3.8, 4) is 0 Å². The van der Waals surface area contributed by atoms with Crippen molar-refractivity contribution in [2.45, 2.75) is 33.2 Å². The molecule has 4 rings (SSSR count). The summed E-state index contributed by atoms with van der Waals surface area (Å²) in [6, 6.07) is 10.7. The number of hydrogen-bond donors (Lipinski definition) is 1. The minimum absolute atomic E-state index is 0.245. The lowest BCUT2D eigenvalue weighted by molar-refractivity contribution is 0.185. The largest absolute Gasteiger partial charge is 0.379 e. The van der Waals surface area contributed by atoms with E-state index in [9.17, 15) is 0 Å². The van der Waals surface area contributed by atoms with Gasteiger partial charge in [-0.15, -0.1) is 0 Å². The van der Waals surface area contributed by atoms with Gasteiger partial charge in [-0.2, -0.15) is 0 Å². The summed E-state index contributed by atoms with van der Waals surface area (Å²) in [6.45, 7) is 7.49. The molecule has 2 aromatic heterocycles. The van der Waals surface area contributed by atoms with E-state index < -0.39 is 0 Å². The van der Waals surface area contributed by atoms with E-state index in [1.54, 1.807) is 0 Å². The van der Waals surface area contributed by atoms with Gasteiger partial charge in [-0.05, 0) is 44.9 Å². The number of pyridine rings is 1. The van der Waals surface area contributed by atoms with Crippen LogP contribution in [-0.4, -0.2) is 34.2 Å². The Kier molecular flexibility index (Phi) is 4.55. The van der Waals surface area contributed by atoms with Crippen LogP contribution in [0.15, 0.2) is 36.5 Å². The Labute approximate surface area is 153 Å². The molecule has 1 aliphatic heterocycles. The zero-order valence-electron chi connectivity index (χ0n) is 15.5. The summed E-state index contributed by atoms with van der Waals surface area (Å²) in [5.74, 6) is 2.12. The number of nitrogens with one attached hydrogen (secondary N) is 1. The first-order chi connectivity index (χ1) is 12.6. The highest BCUT2D eigenvalue weighted by atomic mass is 16.5. The highest BCUT2D eigenvalue weighted by Gasteiger charge is 2.29. The van der Waals surface area contributed by atoms with Crippen molar-refractivity contribution < 1.29 is 4.74 Å². The molecule has 1 aliphatic rings. The molecule has 1 saturated heterocycles. The smallest absolute Gasteiger partial charge is 0.133 e. The summed E-state index contributed by atoms with van der Waals surface area (Å²) in [4.78, 5) is 13.5. The van der Waals surface area contributed by atoms with Gasteiger partial charge in [-0.3, -0.25) is 4.98 Å². The monoisotopic (exact) mass is 348 g/mol. The van der Waals surface area contributed by atoms with Crippen molar-refractivity contribution >= 4 is 16.7 Å². The Hall–Kier alpha value is -2.53. The molecule has 1 N–H and O–H groups in total. The predicted octanol–water partition coefficient (Wildman–Crippen LogP) is 3.62. The SMILES string of the molecule is Cc1nc(C)c(C)c(N[C@@H]2COC[C@H]2Cc2ccnc3ccccc23)n1. The number of anilines is 1. The summed E-state index contributed by atoms with van der Waals surface area (Å²) < 4.78 is 5.81. The molecule has 3 heterocycles. The van der Waals surface area contributed by atoms with Gasteiger partial charge in [0.25, 0.3) is 0 Å². The number of aromatic nitrogens is 3. The van der Waals surface area contributed by atoms with Gasteiger partial charge in [0, 0.05) is 28.8 Å². The fourth-order valence-corrected chi connectivity index (χ4v) is 3.66. The third-order valence-corrected chi connectivity index (χ3v) is 5.24. The molecular weight excluding hydrogens is 324 g/mol. The molecule has 0 saturated carbocycles. The lowest BCUT2D eigenvalue weighted by Gasteiger charge is -2.22. The van der Waals surface area contributed by atoms with Gasteiger partial charge < -0.3 is 10.1 Å². The summed E-state index contributed by atoms with van der Waals surface area (Å²) in [7, 11) is 0. The quantitative estimate of drug-likeness (QED) is 0.780. The maximum Gasteiger partial charge on any atom is 0.133 e. The van der Waals surface area contributed by atoms with E-state index >= 15 is 0 Å². The first-order valence-electron chi connectivity index (χ1n) is 9.10. The van der Waals surface area contributed by atoms with Crippen LogP contribution in [0, 0.1) is 26.7 Å². The molecule has 3 aromatic rings. The van der Waals surface area contributed by atoms with E-state index in [4.69, 9.17) is 4.74 Å². The first-order valence-corrected chi connectivity index (χ1v) is 9.10. The highest BCUT2D eigenvalue weighted by molar-refractivity contribution is 5.81. The molecule has 134 valence electrons. The normalized spacial score (nSPS) is 19.8. The minimum atomic E-state index is 0.245. The third kappa shape index (κ3) is 3.27. The second-order valence-corrected chi connectivity index (χ2v) is 7.07. The molecule has 0 spiro atoms. The van der Waals surface area contributed by atoms with Gasteiger partial charge in [0.05, 0.1) is 24.8 Å². The molecule has 1 aromatic carbocycles. The lowest BCUT2D eigenvalue weighted by atomic mass is 9.93. The second kappa shape index (κ2) is 7.00. The van der Waals surface area contributed by atoms with Gasteiger partial charge in [-0.1, -0.05) is 18.2 Å². The lowest BCUT2D eigenvalue weighted by Crippen LogP contribution is -2.30. The van der Waals surface area contributed by atoms with Crippen LogP contribution < -0.4 is 5.32 Å². The predicted molar refractivity (Wildman–Crippen MR) is 103 cm³/mol.